The summed E-state index contributed by atoms with van der Waals surface area (Å²) in [5.41, 5.74) is -0.207. The molecule has 3 rings (SSSR count). The number of hydrogen-bond donors (Lipinski definition) is 2. The second kappa shape index (κ2) is 10.7. The van der Waals surface area contributed by atoms with Gasteiger partial charge < -0.3 is 15.5 Å². The number of nitrogens with one attached hydrogen (secondary N) is 2. The molecule has 0 spiro atoms. The Morgan fingerprint density at radius 3 is 2.44 bits per heavy atom. The molecule has 1 fully saturated rings. The number of benzene rings is 2. The number of nitro benzene ring substituents is 1. The minimum Gasteiger partial charge on any atom is -0.363 e. The molecular formula is C21H21ClF3N5O4. The van der Waals surface area contributed by atoms with E-state index in [0.29, 0.717) is 37.9 Å². The summed E-state index contributed by atoms with van der Waals surface area (Å²) in [4.78, 5) is 39.0. The van der Waals surface area contributed by atoms with Crippen LogP contribution in [0.15, 0.2) is 30.3 Å². The van der Waals surface area contributed by atoms with Gasteiger partial charge in [0.15, 0.2) is 17.5 Å². The van der Waals surface area contributed by atoms with E-state index >= 15 is 0 Å². The van der Waals surface area contributed by atoms with Crippen LogP contribution in [0.4, 0.5) is 30.2 Å². The molecule has 9 nitrogen and oxygen atoms in total. The summed E-state index contributed by atoms with van der Waals surface area (Å²) in [6, 6.07) is 5.38. The average Bonchev–Trinajstić information content (AvgIpc) is 2.82. The molecular weight excluding hydrogens is 479 g/mol. The van der Waals surface area contributed by atoms with E-state index in [2.05, 4.69) is 10.6 Å². The summed E-state index contributed by atoms with van der Waals surface area (Å²) in [5, 5.41) is 16.1. The van der Waals surface area contributed by atoms with Gasteiger partial charge in [-0.15, -0.1) is 0 Å². The molecule has 1 saturated heterocycles. The number of nitrogens with zero attached hydrogens (tertiary/aromatic N) is 3. The maximum absolute atomic E-state index is 13.7. The first-order valence-corrected chi connectivity index (χ1v) is 10.6. The number of piperazine rings is 1. The van der Waals surface area contributed by atoms with Crippen molar-refractivity contribution in [2.75, 3.05) is 42.9 Å². The molecule has 0 aliphatic carbocycles. The maximum Gasteiger partial charge on any atom is 0.294 e. The van der Waals surface area contributed by atoms with Gasteiger partial charge in [0.05, 0.1) is 23.2 Å². The number of nitro groups is 1. The Balaban J connectivity index is 1.51. The van der Waals surface area contributed by atoms with Gasteiger partial charge in [-0.05, 0) is 31.2 Å². The lowest BCUT2D eigenvalue weighted by Crippen LogP contribution is -2.54. The zero-order valence-corrected chi connectivity index (χ0v) is 18.7. The third kappa shape index (κ3) is 5.75. The van der Waals surface area contributed by atoms with Crippen LogP contribution in [0.2, 0.25) is 5.02 Å². The maximum atomic E-state index is 13.7. The Kier molecular flexibility index (Phi) is 7.94. The molecule has 1 aliphatic rings. The van der Waals surface area contributed by atoms with Gasteiger partial charge in [-0.1, -0.05) is 11.6 Å². The fourth-order valence-electron chi connectivity index (χ4n) is 3.56. The standard InChI is InChI=1S/C21H21ClF3N5O4/c1-12(21(32)26-11-18(31)27-15-4-3-14(23)19(24)20(15)25)28-6-8-29(9-7-28)16-5-2-13(22)10-17(16)30(33)34/h2-5,10,12H,6-9,11H2,1H3,(H,26,32)(H,27,31). The van der Waals surface area contributed by atoms with E-state index in [4.69, 9.17) is 11.6 Å². The topological polar surface area (TPSA) is 108 Å². The first-order chi connectivity index (χ1) is 16.1. The van der Waals surface area contributed by atoms with E-state index in [1.165, 1.54) is 6.07 Å². The van der Waals surface area contributed by atoms with Crippen molar-refractivity contribution in [2.45, 2.75) is 13.0 Å². The largest absolute Gasteiger partial charge is 0.363 e. The lowest BCUT2D eigenvalue weighted by atomic mass is 10.2. The summed E-state index contributed by atoms with van der Waals surface area (Å²) < 4.78 is 39.9. The molecule has 13 heteroatoms. The van der Waals surface area contributed by atoms with Gasteiger partial charge in [-0.25, -0.2) is 13.2 Å². The molecule has 2 aromatic rings. The average molecular weight is 500 g/mol. The zero-order chi connectivity index (χ0) is 25.0. The van der Waals surface area contributed by atoms with Crippen molar-refractivity contribution in [2.24, 2.45) is 0 Å². The fourth-order valence-corrected chi connectivity index (χ4v) is 3.72. The predicted molar refractivity (Wildman–Crippen MR) is 119 cm³/mol. The van der Waals surface area contributed by atoms with E-state index in [9.17, 15) is 32.9 Å². The van der Waals surface area contributed by atoms with Crippen LogP contribution in [0.25, 0.3) is 0 Å². The first kappa shape index (κ1) is 25.2. The Morgan fingerprint density at radius 1 is 1.12 bits per heavy atom. The van der Waals surface area contributed by atoms with Gasteiger partial charge in [0.2, 0.25) is 11.8 Å². The second-order valence-corrected chi connectivity index (χ2v) is 8.01. The molecule has 0 radical (unpaired) electrons. The smallest absolute Gasteiger partial charge is 0.294 e. The highest BCUT2D eigenvalue weighted by Gasteiger charge is 2.28. The lowest BCUT2D eigenvalue weighted by Gasteiger charge is -2.38. The van der Waals surface area contributed by atoms with Crippen LogP contribution >= 0.6 is 11.6 Å². The van der Waals surface area contributed by atoms with E-state index in [0.717, 1.165) is 6.07 Å². The molecule has 2 amide bonds. The molecule has 0 bridgehead atoms. The van der Waals surface area contributed by atoms with Crippen LogP contribution in [0, 0.1) is 27.6 Å². The van der Waals surface area contributed by atoms with E-state index < -0.39 is 52.5 Å². The summed E-state index contributed by atoms with van der Waals surface area (Å²) in [7, 11) is 0. The number of rotatable bonds is 7. The molecule has 2 aromatic carbocycles. The Hall–Kier alpha value is -3.38. The third-order valence-electron chi connectivity index (χ3n) is 5.45. The number of carbonyl (C=O) groups excluding carboxylic acids is 2. The molecule has 1 aliphatic heterocycles. The molecule has 2 N–H and O–H groups in total. The van der Waals surface area contributed by atoms with Gasteiger partial charge in [-0.3, -0.25) is 24.6 Å². The van der Waals surface area contributed by atoms with Gasteiger partial charge in [0, 0.05) is 37.3 Å². The van der Waals surface area contributed by atoms with Crippen molar-refractivity contribution in [3.63, 3.8) is 0 Å². The molecule has 1 atom stereocenters. The Labute approximate surface area is 197 Å². The summed E-state index contributed by atoms with van der Waals surface area (Å²) >= 11 is 5.86. The molecule has 0 aromatic heterocycles. The number of amides is 2. The van der Waals surface area contributed by atoms with Crippen molar-refractivity contribution in [3.05, 3.63) is 62.9 Å². The van der Waals surface area contributed by atoms with Gasteiger partial charge >= 0.3 is 0 Å². The highest BCUT2D eigenvalue weighted by atomic mass is 35.5. The van der Waals surface area contributed by atoms with Crippen molar-refractivity contribution in [1.82, 2.24) is 10.2 Å². The monoisotopic (exact) mass is 499 g/mol. The van der Waals surface area contributed by atoms with Crippen molar-refractivity contribution >= 4 is 40.5 Å². The van der Waals surface area contributed by atoms with Gasteiger partial charge in [-0.2, -0.15) is 0 Å². The molecule has 1 unspecified atom stereocenters. The Bertz CT molecular complexity index is 1110. The number of hydrogen-bond acceptors (Lipinski definition) is 6. The highest BCUT2D eigenvalue weighted by molar-refractivity contribution is 6.30. The lowest BCUT2D eigenvalue weighted by molar-refractivity contribution is -0.384. The van der Waals surface area contributed by atoms with E-state index in [-0.39, 0.29) is 10.7 Å². The number of carbonyl (C=O) groups is 2. The minimum atomic E-state index is -1.71. The van der Waals surface area contributed by atoms with E-state index in [1.807, 2.05) is 9.80 Å². The fraction of sp³-hybridized carbons (Fsp3) is 0.333. The summed E-state index contributed by atoms with van der Waals surface area (Å²) in [6.07, 6.45) is 0. The van der Waals surface area contributed by atoms with E-state index in [1.54, 1.807) is 19.1 Å². The normalized spacial score (nSPS) is 15.0. The quantitative estimate of drug-likeness (QED) is 0.344. The summed E-state index contributed by atoms with van der Waals surface area (Å²) in [5.74, 6) is -5.91. The number of halogens is 4. The van der Waals surface area contributed by atoms with Crippen LogP contribution in [-0.4, -0.2) is 60.4 Å². The van der Waals surface area contributed by atoms with Gasteiger partial charge in [0.1, 0.15) is 5.69 Å². The van der Waals surface area contributed by atoms with Crippen molar-refractivity contribution < 1.29 is 27.7 Å². The molecule has 1 heterocycles. The Morgan fingerprint density at radius 2 is 1.79 bits per heavy atom. The second-order valence-electron chi connectivity index (χ2n) is 7.58. The highest BCUT2D eigenvalue weighted by Crippen LogP contribution is 2.31. The van der Waals surface area contributed by atoms with Crippen LogP contribution in [0.5, 0.6) is 0 Å². The first-order valence-electron chi connectivity index (χ1n) is 10.2. The van der Waals surface area contributed by atoms with Crippen LogP contribution in [-0.2, 0) is 9.59 Å². The third-order valence-corrected chi connectivity index (χ3v) is 5.68. The SMILES string of the molecule is CC(C(=O)NCC(=O)Nc1ccc(F)c(F)c1F)N1CCN(c2ccc(Cl)cc2[N+](=O)[O-])CC1. The van der Waals surface area contributed by atoms with Crippen molar-refractivity contribution in [3.8, 4) is 0 Å². The van der Waals surface area contributed by atoms with Crippen LogP contribution in [0.3, 0.4) is 0 Å². The van der Waals surface area contributed by atoms with Crippen LogP contribution < -0.4 is 15.5 Å². The number of anilines is 2. The summed E-state index contributed by atoms with van der Waals surface area (Å²) in [6.45, 7) is 2.86. The van der Waals surface area contributed by atoms with Gasteiger partial charge in [0.25, 0.3) is 5.69 Å². The minimum absolute atomic E-state index is 0.102. The predicted octanol–water partition coefficient (Wildman–Crippen LogP) is 2.93. The molecule has 182 valence electrons. The van der Waals surface area contributed by atoms with Crippen molar-refractivity contribution in [1.29, 1.82) is 0 Å². The molecule has 34 heavy (non-hydrogen) atoms. The zero-order valence-electron chi connectivity index (χ0n) is 18.0. The van der Waals surface area contributed by atoms with Crippen LogP contribution in [0.1, 0.15) is 6.92 Å². The molecule has 0 saturated carbocycles.